The lowest BCUT2D eigenvalue weighted by Crippen LogP contribution is -2.30. The minimum atomic E-state index is -1.19. The van der Waals surface area contributed by atoms with E-state index in [0.717, 1.165) is 29.0 Å². The van der Waals surface area contributed by atoms with Crippen molar-refractivity contribution >= 4 is 28.9 Å². The van der Waals surface area contributed by atoms with E-state index in [2.05, 4.69) is 5.32 Å². The number of benzene rings is 1. The number of hydrogen-bond donors (Lipinski definition) is 1. The quantitative estimate of drug-likeness (QED) is 0.824. The Labute approximate surface area is 142 Å². The van der Waals surface area contributed by atoms with Crippen molar-refractivity contribution in [3.05, 3.63) is 51.2 Å². The van der Waals surface area contributed by atoms with Gasteiger partial charge in [-0.1, -0.05) is 13.0 Å². The van der Waals surface area contributed by atoms with Crippen molar-refractivity contribution in [2.75, 3.05) is 5.32 Å². The molecule has 0 saturated heterocycles. The molecule has 0 bridgehead atoms. The Morgan fingerprint density at radius 2 is 1.92 bits per heavy atom. The number of carbonyl (C=O) groups excluding carboxylic acids is 2. The Balaban J connectivity index is 2.04. The number of para-hydroxylation sites is 1. The first-order valence-electron chi connectivity index (χ1n) is 7.38. The van der Waals surface area contributed by atoms with Crippen LogP contribution in [0.4, 0.5) is 14.5 Å². The maximum absolute atomic E-state index is 13.5. The molecule has 2 aromatic rings. The van der Waals surface area contributed by atoms with Gasteiger partial charge in [-0.2, -0.15) is 0 Å². The Kier molecular flexibility index (Phi) is 5.66. The molecule has 2 rings (SSSR count). The summed E-state index contributed by atoms with van der Waals surface area (Å²) in [5.74, 6) is -3.25. The van der Waals surface area contributed by atoms with E-state index in [1.807, 2.05) is 13.8 Å². The topological polar surface area (TPSA) is 55.4 Å². The van der Waals surface area contributed by atoms with Crippen LogP contribution in [0.15, 0.2) is 24.3 Å². The van der Waals surface area contributed by atoms with Crippen molar-refractivity contribution < 1.29 is 23.1 Å². The number of amides is 1. The van der Waals surface area contributed by atoms with Crippen molar-refractivity contribution in [1.82, 2.24) is 0 Å². The van der Waals surface area contributed by atoms with E-state index in [4.69, 9.17) is 4.74 Å². The van der Waals surface area contributed by atoms with Crippen LogP contribution in [0.2, 0.25) is 0 Å². The molecule has 1 amide bonds. The fourth-order valence-electron chi connectivity index (χ4n) is 2.09. The summed E-state index contributed by atoms with van der Waals surface area (Å²) in [5, 5.41) is 2.10. The van der Waals surface area contributed by atoms with Crippen LogP contribution < -0.4 is 5.32 Å². The molecular weight excluding hydrogens is 336 g/mol. The highest BCUT2D eigenvalue weighted by molar-refractivity contribution is 7.14. The summed E-state index contributed by atoms with van der Waals surface area (Å²) >= 11 is 1.28. The summed E-state index contributed by atoms with van der Waals surface area (Å²) in [6.07, 6.45) is -0.401. The highest BCUT2D eigenvalue weighted by atomic mass is 32.1. The van der Waals surface area contributed by atoms with Crippen molar-refractivity contribution in [1.29, 1.82) is 0 Å². The summed E-state index contributed by atoms with van der Waals surface area (Å²) in [5.41, 5.74) is 0.475. The molecule has 0 spiro atoms. The van der Waals surface area contributed by atoms with Gasteiger partial charge in [0, 0.05) is 4.88 Å². The van der Waals surface area contributed by atoms with Gasteiger partial charge in [0.1, 0.15) is 22.2 Å². The molecule has 0 fully saturated rings. The van der Waals surface area contributed by atoms with E-state index in [9.17, 15) is 18.4 Å². The van der Waals surface area contributed by atoms with Crippen molar-refractivity contribution in [3.63, 3.8) is 0 Å². The summed E-state index contributed by atoms with van der Waals surface area (Å²) in [4.78, 5) is 25.5. The number of thiophene rings is 1. The largest absolute Gasteiger partial charge is 0.448 e. The number of anilines is 1. The second-order valence-electron chi connectivity index (χ2n) is 5.18. The van der Waals surface area contributed by atoms with Gasteiger partial charge in [0.15, 0.2) is 6.10 Å². The molecule has 0 aliphatic rings. The van der Waals surface area contributed by atoms with Crippen molar-refractivity contribution in [2.45, 2.75) is 33.3 Å². The Morgan fingerprint density at radius 1 is 1.29 bits per heavy atom. The average Bonchev–Trinajstić information content (AvgIpc) is 2.92. The molecular formula is C17H17F2NO3S. The molecule has 1 aromatic carbocycles. The summed E-state index contributed by atoms with van der Waals surface area (Å²) in [6, 6.07) is 4.96. The molecule has 1 aromatic heterocycles. The molecule has 0 aliphatic carbocycles. The van der Waals surface area contributed by atoms with Crippen LogP contribution in [0.25, 0.3) is 0 Å². The number of carbonyl (C=O) groups is 2. The molecule has 1 atom stereocenters. The van der Waals surface area contributed by atoms with Gasteiger partial charge in [-0.15, -0.1) is 11.3 Å². The predicted molar refractivity (Wildman–Crippen MR) is 88.3 cm³/mol. The van der Waals surface area contributed by atoms with E-state index in [0.29, 0.717) is 4.88 Å². The number of rotatable bonds is 5. The van der Waals surface area contributed by atoms with Gasteiger partial charge >= 0.3 is 5.97 Å². The number of nitrogens with one attached hydrogen (secondary N) is 1. The van der Waals surface area contributed by atoms with Crippen LogP contribution >= 0.6 is 11.3 Å². The lowest BCUT2D eigenvalue weighted by Gasteiger charge is -2.13. The molecule has 0 unspecified atom stereocenters. The third kappa shape index (κ3) is 3.97. The zero-order chi connectivity index (χ0) is 17.9. The number of halogens is 2. The van der Waals surface area contributed by atoms with Crippen LogP contribution in [-0.4, -0.2) is 18.0 Å². The number of ether oxygens (including phenoxy) is 1. The van der Waals surface area contributed by atoms with Crippen LogP contribution in [0.1, 0.15) is 34.0 Å². The Bertz CT molecular complexity index is 753. The molecule has 0 aliphatic heterocycles. The molecule has 24 heavy (non-hydrogen) atoms. The molecule has 4 nitrogen and oxygen atoms in total. The summed E-state index contributed by atoms with van der Waals surface area (Å²) in [7, 11) is 0. The molecule has 1 heterocycles. The van der Waals surface area contributed by atoms with Gasteiger partial charge in [0.05, 0.1) is 0 Å². The van der Waals surface area contributed by atoms with E-state index < -0.39 is 35.3 Å². The van der Waals surface area contributed by atoms with Gasteiger partial charge in [0.2, 0.25) is 0 Å². The van der Waals surface area contributed by atoms with Gasteiger partial charge in [-0.3, -0.25) is 4.79 Å². The second-order valence-corrected chi connectivity index (χ2v) is 6.44. The highest BCUT2D eigenvalue weighted by Crippen LogP contribution is 2.23. The third-order valence-corrected chi connectivity index (χ3v) is 4.54. The van der Waals surface area contributed by atoms with E-state index in [1.165, 1.54) is 24.3 Å². The SMILES string of the molecule is CCc1cc(C(=O)O[C@@H](C)C(=O)Nc2c(F)cccc2F)sc1C. The highest BCUT2D eigenvalue weighted by Gasteiger charge is 2.22. The van der Waals surface area contributed by atoms with Gasteiger partial charge in [-0.05, 0) is 44.0 Å². The standard InChI is InChI=1S/C17H17F2NO3S/c1-4-11-8-14(24-10(11)3)17(22)23-9(2)16(21)20-15-12(18)6-5-7-13(15)19/h5-9H,4H2,1-3H3,(H,20,21)/t9-/m0/s1. The number of hydrogen-bond acceptors (Lipinski definition) is 4. The maximum atomic E-state index is 13.5. The Morgan fingerprint density at radius 3 is 2.46 bits per heavy atom. The van der Waals surface area contributed by atoms with Gasteiger partial charge in [0.25, 0.3) is 5.91 Å². The molecule has 0 radical (unpaired) electrons. The number of esters is 1. The zero-order valence-corrected chi connectivity index (χ0v) is 14.3. The lowest BCUT2D eigenvalue weighted by atomic mass is 10.2. The van der Waals surface area contributed by atoms with Crippen LogP contribution in [-0.2, 0) is 16.0 Å². The fraction of sp³-hybridized carbons (Fsp3) is 0.294. The smallest absolute Gasteiger partial charge is 0.349 e. The van der Waals surface area contributed by atoms with E-state index in [-0.39, 0.29) is 0 Å². The molecule has 128 valence electrons. The lowest BCUT2D eigenvalue weighted by molar-refractivity contribution is -0.123. The van der Waals surface area contributed by atoms with Gasteiger partial charge < -0.3 is 10.1 Å². The fourth-order valence-corrected chi connectivity index (χ4v) is 3.08. The number of aryl methyl sites for hydroxylation is 2. The zero-order valence-electron chi connectivity index (χ0n) is 13.5. The monoisotopic (exact) mass is 353 g/mol. The third-order valence-electron chi connectivity index (χ3n) is 3.47. The molecule has 0 saturated carbocycles. The first-order chi connectivity index (χ1) is 11.3. The maximum Gasteiger partial charge on any atom is 0.349 e. The first-order valence-corrected chi connectivity index (χ1v) is 8.20. The summed E-state index contributed by atoms with van der Waals surface area (Å²) < 4.78 is 32.1. The van der Waals surface area contributed by atoms with Crippen LogP contribution in [0, 0.1) is 18.6 Å². The second kappa shape index (κ2) is 7.53. The minimum Gasteiger partial charge on any atom is -0.448 e. The predicted octanol–water partition coefficient (Wildman–Crippen LogP) is 4.08. The first kappa shape index (κ1) is 18.1. The van der Waals surface area contributed by atoms with E-state index >= 15 is 0 Å². The van der Waals surface area contributed by atoms with Crippen LogP contribution in [0.5, 0.6) is 0 Å². The van der Waals surface area contributed by atoms with E-state index in [1.54, 1.807) is 6.07 Å². The minimum absolute atomic E-state index is 0.390. The molecule has 7 heteroatoms. The summed E-state index contributed by atoms with van der Waals surface area (Å²) in [6.45, 7) is 5.22. The van der Waals surface area contributed by atoms with Crippen molar-refractivity contribution in [2.24, 2.45) is 0 Å². The van der Waals surface area contributed by atoms with Gasteiger partial charge in [-0.25, -0.2) is 13.6 Å². The normalized spacial score (nSPS) is 11.9. The average molecular weight is 353 g/mol. The Hall–Kier alpha value is -2.28. The van der Waals surface area contributed by atoms with Crippen LogP contribution in [0.3, 0.4) is 0 Å². The molecule has 1 N–H and O–H groups in total. The van der Waals surface area contributed by atoms with Crippen molar-refractivity contribution in [3.8, 4) is 0 Å².